The van der Waals surface area contributed by atoms with E-state index in [9.17, 15) is 13.2 Å². The van der Waals surface area contributed by atoms with Gasteiger partial charge in [-0.05, 0) is 55.3 Å². The number of hydrogen-bond donors (Lipinski definition) is 2. The summed E-state index contributed by atoms with van der Waals surface area (Å²) in [6.07, 6.45) is 0. The summed E-state index contributed by atoms with van der Waals surface area (Å²) in [6.45, 7) is 3.45. The van der Waals surface area contributed by atoms with Crippen LogP contribution in [0.5, 0.6) is 17.2 Å². The predicted molar refractivity (Wildman–Crippen MR) is 109 cm³/mol. The monoisotopic (exact) mass is 422 g/mol. The summed E-state index contributed by atoms with van der Waals surface area (Å²) in [7, 11) is 0.721. The highest BCUT2D eigenvalue weighted by molar-refractivity contribution is 7.89. The van der Waals surface area contributed by atoms with Crippen molar-refractivity contribution in [1.29, 1.82) is 0 Å². The molecule has 1 amide bonds. The van der Waals surface area contributed by atoms with Crippen molar-refractivity contribution in [3.63, 3.8) is 0 Å². The first kappa shape index (κ1) is 22.5. The molecule has 2 aromatic carbocycles. The van der Waals surface area contributed by atoms with Crippen LogP contribution in [0.4, 0.5) is 0 Å². The summed E-state index contributed by atoms with van der Waals surface area (Å²) in [6, 6.07) is 8.81. The Morgan fingerprint density at radius 3 is 2.17 bits per heavy atom. The van der Waals surface area contributed by atoms with E-state index in [0.29, 0.717) is 22.8 Å². The Hall–Kier alpha value is -2.78. The molecule has 0 heterocycles. The molecule has 0 unspecified atom stereocenters. The van der Waals surface area contributed by atoms with Gasteiger partial charge in [0.25, 0.3) is 0 Å². The van der Waals surface area contributed by atoms with E-state index >= 15 is 0 Å². The van der Waals surface area contributed by atoms with Gasteiger partial charge in [-0.25, -0.2) is 8.42 Å². The van der Waals surface area contributed by atoms with E-state index in [2.05, 4.69) is 10.0 Å². The highest BCUT2D eigenvalue weighted by Crippen LogP contribution is 2.27. The molecule has 0 bridgehead atoms. The SMILES string of the molecule is COc1ccc(S(=O)(=O)N[C@@H](C)C(=O)NCc2ccc(OC)c(OC)c2)cc1C. The number of carbonyl (C=O) groups excluding carboxylic acids is 1. The Labute approximate surface area is 171 Å². The second-order valence-corrected chi connectivity index (χ2v) is 8.10. The van der Waals surface area contributed by atoms with Gasteiger partial charge in [0, 0.05) is 6.54 Å². The number of carbonyl (C=O) groups is 1. The van der Waals surface area contributed by atoms with Crippen molar-refractivity contribution in [2.24, 2.45) is 0 Å². The van der Waals surface area contributed by atoms with Crippen molar-refractivity contribution < 1.29 is 27.4 Å². The summed E-state index contributed by atoms with van der Waals surface area (Å²) in [5.74, 6) is 1.26. The zero-order chi connectivity index (χ0) is 21.6. The molecule has 0 radical (unpaired) electrons. The van der Waals surface area contributed by atoms with E-state index in [-0.39, 0.29) is 11.4 Å². The molecule has 8 nitrogen and oxygen atoms in total. The third kappa shape index (κ3) is 5.61. The number of benzene rings is 2. The number of nitrogens with one attached hydrogen (secondary N) is 2. The van der Waals surface area contributed by atoms with Crippen LogP contribution in [0.2, 0.25) is 0 Å². The number of sulfonamides is 1. The number of aryl methyl sites for hydroxylation is 1. The van der Waals surface area contributed by atoms with Crippen molar-refractivity contribution in [3.05, 3.63) is 47.5 Å². The zero-order valence-corrected chi connectivity index (χ0v) is 17.9. The quantitative estimate of drug-likeness (QED) is 0.641. The van der Waals surface area contributed by atoms with Crippen molar-refractivity contribution in [3.8, 4) is 17.2 Å². The number of ether oxygens (including phenoxy) is 3. The summed E-state index contributed by atoms with van der Waals surface area (Å²) in [4.78, 5) is 12.4. The molecule has 2 aromatic rings. The minimum absolute atomic E-state index is 0.0651. The van der Waals surface area contributed by atoms with E-state index in [1.54, 1.807) is 31.2 Å². The first-order chi connectivity index (χ1) is 13.7. The fraction of sp³-hybridized carbons (Fsp3) is 0.350. The fourth-order valence-corrected chi connectivity index (χ4v) is 3.99. The van der Waals surface area contributed by atoms with Gasteiger partial charge in [-0.2, -0.15) is 4.72 Å². The Balaban J connectivity index is 2.02. The summed E-state index contributed by atoms with van der Waals surface area (Å²) in [5.41, 5.74) is 1.47. The van der Waals surface area contributed by atoms with Gasteiger partial charge in [-0.15, -0.1) is 0 Å². The van der Waals surface area contributed by atoms with Gasteiger partial charge in [0.2, 0.25) is 15.9 Å². The maximum absolute atomic E-state index is 12.6. The molecule has 0 spiro atoms. The predicted octanol–water partition coefficient (Wildman–Crippen LogP) is 2.00. The fourth-order valence-electron chi connectivity index (χ4n) is 2.71. The molecule has 1 atom stereocenters. The first-order valence-corrected chi connectivity index (χ1v) is 10.4. The van der Waals surface area contributed by atoms with E-state index in [0.717, 1.165) is 5.56 Å². The molecular weight excluding hydrogens is 396 g/mol. The molecular formula is C20H26N2O6S. The molecule has 0 aliphatic heterocycles. The van der Waals surface area contributed by atoms with Crippen LogP contribution in [0.25, 0.3) is 0 Å². The molecule has 0 aromatic heterocycles. The number of methoxy groups -OCH3 is 3. The van der Waals surface area contributed by atoms with Crippen LogP contribution in [-0.2, 0) is 21.4 Å². The Bertz CT molecular complexity index is 975. The molecule has 9 heteroatoms. The van der Waals surface area contributed by atoms with Gasteiger partial charge < -0.3 is 19.5 Å². The molecule has 0 fully saturated rings. The molecule has 2 N–H and O–H groups in total. The maximum Gasteiger partial charge on any atom is 0.241 e. The molecule has 29 heavy (non-hydrogen) atoms. The van der Waals surface area contributed by atoms with E-state index in [1.807, 2.05) is 0 Å². The highest BCUT2D eigenvalue weighted by Gasteiger charge is 2.22. The van der Waals surface area contributed by atoms with Crippen LogP contribution in [0.1, 0.15) is 18.1 Å². The van der Waals surface area contributed by atoms with Crippen LogP contribution >= 0.6 is 0 Å². The highest BCUT2D eigenvalue weighted by atomic mass is 32.2. The number of hydrogen-bond acceptors (Lipinski definition) is 6. The smallest absolute Gasteiger partial charge is 0.241 e. The number of amides is 1. The van der Waals surface area contributed by atoms with Crippen molar-refractivity contribution in [1.82, 2.24) is 10.0 Å². The molecule has 2 rings (SSSR count). The largest absolute Gasteiger partial charge is 0.496 e. The van der Waals surface area contributed by atoms with Crippen LogP contribution in [0, 0.1) is 6.92 Å². The van der Waals surface area contributed by atoms with E-state index in [1.165, 1.54) is 40.4 Å². The van der Waals surface area contributed by atoms with Gasteiger partial charge in [0.15, 0.2) is 11.5 Å². The Morgan fingerprint density at radius 2 is 1.59 bits per heavy atom. The lowest BCUT2D eigenvalue weighted by Gasteiger charge is -2.16. The Morgan fingerprint density at radius 1 is 0.966 bits per heavy atom. The van der Waals surface area contributed by atoms with E-state index < -0.39 is 22.0 Å². The Kier molecular flexibility index (Phi) is 7.46. The second kappa shape index (κ2) is 9.62. The second-order valence-electron chi connectivity index (χ2n) is 6.38. The maximum atomic E-state index is 12.6. The number of rotatable bonds is 9. The average molecular weight is 423 g/mol. The minimum atomic E-state index is -3.86. The van der Waals surface area contributed by atoms with Crippen molar-refractivity contribution in [2.75, 3.05) is 21.3 Å². The average Bonchev–Trinajstić information content (AvgIpc) is 2.71. The van der Waals surface area contributed by atoms with Crippen LogP contribution in [0.15, 0.2) is 41.3 Å². The molecule has 0 saturated carbocycles. The van der Waals surface area contributed by atoms with Crippen molar-refractivity contribution >= 4 is 15.9 Å². The lowest BCUT2D eigenvalue weighted by molar-refractivity contribution is -0.122. The van der Waals surface area contributed by atoms with Crippen LogP contribution in [0.3, 0.4) is 0 Å². The van der Waals surface area contributed by atoms with E-state index in [4.69, 9.17) is 14.2 Å². The molecule has 0 aliphatic rings. The topological polar surface area (TPSA) is 103 Å². The normalized spacial score (nSPS) is 12.2. The van der Waals surface area contributed by atoms with Gasteiger partial charge in [0.1, 0.15) is 5.75 Å². The third-order valence-corrected chi connectivity index (χ3v) is 5.85. The lowest BCUT2D eigenvalue weighted by atomic mass is 10.2. The van der Waals surface area contributed by atoms with Crippen LogP contribution in [-0.4, -0.2) is 41.7 Å². The van der Waals surface area contributed by atoms with Gasteiger partial charge in [-0.3, -0.25) is 4.79 Å². The van der Waals surface area contributed by atoms with Crippen LogP contribution < -0.4 is 24.2 Å². The third-order valence-electron chi connectivity index (χ3n) is 4.32. The zero-order valence-electron chi connectivity index (χ0n) is 17.1. The molecule has 0 saturated heterocycles. The lowest BCUT2D eigenvalue weighted by Crippen LogP contribution is -2.44. The standard InChI is InChI=1S/C20H26N2O6S/c1-13-10-16(7-9-17(13)26-3)29(24,25)22-14(2)20(23)21-12-15-6-8-18(27-4)19(11-15)28-5/h6-11,14,22H,12H2,1-5H3,(H,21,23)/t14-/m0/s1. The first-order valence-electron chi connectivity index (χ1n) is 8.87. The van der Waals surface area contributed by atoms with Gasteiger partial charge >= 0.3 is 0 Å². The molecule has 158 valence electrons. The van der Waals surface area contributed by atoms with Gasteiger partial charge in [-0.1, -0.05) is 6.07 Å². The molecule has 0 aliphatic carbocycles. The van der Waals surface area contributed by atoms with Gasteiger partial charge in [0.05, 0.1) is 32.3 Å². The minimum Gasteiger partial charge on any atom is -0.496 e. The van der Waals surface area contributed by atoms with Crippen molar-refractivity contribution in [2.45, 2.75) is 31.3 Å². The summed E-state index contributed by atoms with van der Waals surface area (Å²) < 4.78 is 43.1. The summed E-state index contributed by atoms with van der Waals surface area (Å²) in [5, 5.41) is 2.71. The summed E-state index contributed by atoms with van der Waals surface area (Å²) >= 11 is 0.